The number of aryl methyl sites for hydroxylation is 1. The van der Waals surface area contributed by atoms with E-state index in [1.807, 2.05) is 0 Å². The quantitative estimate of drug-likeness (QED) is 0.669. The number of hydrogen-bond acceptors (Lipinski definition) is 0. The Balaban J connectivity index is 2.15. The molecule has 0 aliphatic heterocycles. The minimum atomic E-state index is 0.399. The van der Waals surface area contributed by atoms with Gasteiger partial charge in [-0.3, -0.25) is 0 Å². The summed E-state index contributed by atoms with van der Waals surface area (Å²) >= 11 is 3.69. The molecule has 0 radical (unpaired) electrons. The van der Waals surface area contributed by atoms with Crippen molar-refractivity contribution >= 4 is 22.0 Å². The van der Waals surface area contributed by atoms with Crippen molar-refractivity contribution in [3.8, 4) is 0 Å². The summed E-state index contributed by atoms with van der Waals surface area (Å²) in [6, 6.07) is 15.3. The van der Waals surface area contributed by atoms with Crippen molar-refractivity contribution in [1.29, 1.82) is 0 Å². The molecule has 1 atom stereocenters. The van der Waals surface area contributed by atoms with Gasteiger partial charge in [0, 0.05) is 10.4 Å². The first kappa shape index (κ1) is 11.7. The van der Waals surface area contributed by atoms with Gasteiger partial charge in [-0.15, -0.1) is 0 Å². The topological polar surface area (TPSA) is 0 Å². The van der Waals surface area contributed by atoms with E-state index in [0.717, 1.165) is 0 Å². The van der Waals surface area contributed by atoms with Gasteiger partial charge >= 0.3 is 0 Å². The van der Waals surface area contributed by atoms with E-state index in [1.165, 1.54) is 32.3 Å². The summed E-state index contributed by atoms with van der Waals surface area (Å²) in [4.78, 5) is 0. The van der Waals surface area contributed by atoms with Crippen LogP contribution in [0.4, 0.5) is 0 Å². The van der Waals surface area contributed by atoms with Crippen LogP contribution in [0, 0.1) is 6.92 Å². The van der Waals surface area contributed by atoms with E-state index in [4.69, 9.17) is 0 Å². The third-order valence-electron chi connectivity index (χ3n) is 3.62. The Labute approximate surface area is 116 Å². The Hall–Kier alpha value is -1.34. The van der Waals surface area contributed by atoms with E-state index in [-0.39, 0.29) is 0 Å². The van der Waals surface area contributed by atoms with Gasteiger partial charge in [0.15, 0.2) is 0 Å². The average molecular weight is 299 g/mol. The molecule has 0 saturated heterocycles. The first-order chi connectivity index (χ1) is 8.66. The van der Waals surface area contributed by atoms with Crippen LogP contribution in [0.2, 0.25) is 0 Å². The predicted molar refractivity (Wildman–Crippen MR) is 80.8 cm³/mol. The Morgan fingerprint density at radius 3 is 2.39 bits per heavy atom. The number of benzene rings is 2. The smallest absolute Gasteiger partial charge is 0.0316 e. The summed E-state index contributed by atoms with van der Waals surface area (Å²) < 4.78 is 1.21. The highest BCUT2D eigenvalue weighted by molar-refractivity contribution is 9.10. The molecule has 0 amide bonds. The highest BCUT2D eigenvalue weighted by Gasteiger charge is 2.25. The molecule has 0 aromatic heterocycles. The Morgan fingerprint density at radius 2 is 1.67 bits per heavy atom. The fraction of sp³-hybridized carbons (Fsp3) is 0.176. The van der Waals surface area contributed by atoms with E-state index >= 15 is 0 Å². The summed E-state index contributed by atoms with van der Waals surface area (Å²) in [7, 11) is 0. The van der Waals surface area contributed by atoms with Crippen LogP contribution in [0.15, 0.2) is 52.5 Å². The minimum absolute atomic E-state index is 0.399. The summed E-state index contributed by atoms with van der Waals surface area (Å²) in [6.45, 7) is 4.35. The highest BCUT2D eigenvalue weighted by Crippen LogP contribution is 2.44. The number of halogens is 1. The van der Waals surface area contributed by atoms with Crippen molar-refractivity contribution in [2.45, 2.75) is 19.8 Å². The van der Waals surface area contributed by atoms with Gasteiger partial charge in [0.25, 0.3) is 0 Å². The van der Waals surface area contributed by atoms with E-state index < -0.39 is 0 Å². The SMILES string of the molecule is CC1=Cc2cccc(Br)c2C1c1ccc(C)cc1. The average Bonchev–Trinajstić information content (AvgIpc) is 2.68. The second kappa shape index (κ2) is 4.40. The van der Waals surface area contributed by atoms with Gasteiger partial charge in [-0.05, 0) is 36.6 Å². The van der Waals surface area contributed by atoms with Crippen LogP contribution in [0.25, 0.3) is 6.08 Å². The predicted octanol–water partition coefficient (Wildman–Crippen LogP) is 5.31. The van der Waals surface area contributed by atoms with Crippen molar-refractivity contribution in [2.24, 2.45) is 0 Å². The number of allylic oxidation sites excluding steroid dienone is 1. The summed E-state index contributed by atoms with van der Waals surface area (Å²) in [5, 5.41) is 0. The minimum Gasteiger partial charge on any atom is -0.0607 e. The summed E-state index contributed by atoms with van der Waals surface area (Å²) in [5.41, 5.74) is 6.85. The molecule has 0 bridgehead atoms. The highest BCUT2D eigenvalue weighted by atomic mass is 79.9. The van der Waals surface area contributed by atoms with E-state index in [2.05, 4.69) is 78.3 Å². The molecule has 3 rings (SSSR count). The standard InChI is InChI=1S/C17H15Br/c1-11-6-8-13(9-7-11)16-12(2)10-14-4-3-5-15(18)17(14)16/h3-10,16H,1-2H3. The molecule has 0 heterocycles. The molecule has 2 aromatic rings. The molecule has 90 valence electrons. The molecule has 0 N–H and O–H groups in total. The first-order valence-electron chi connectivity index (χ1n) is 6.20. The van der Waals surface area contributed by atoms with Gasteiger partial charge in [-0.2, -0.15) is 0 Å². The molecule has 0 fully saturated rings. The molecular weight excluding hydrogens is 284 g/mol. The molecule has 0 nitrogen and oxygen atoms in total. The molecule has 0 spiro atoms. The lowest BCUT2D eigenvalue weighted by atomic mass is 9.89. The van der Waals surface area contributed by atoms with Crippen LogP contribution in [0.1, 0.15) is 35.1 Å². The van der Waals surface area contributed by atoms with Crippen molar-refractivity contribution in [1.82, 2.24) is 0 Å². The fourth-order valence-corrected chi connectivity index (χ4v) is 3.34. The molecule has 1 unspecified atom stereocenters. The van der Waals surface area contributed by atoms with Crippen molar-refractivity contribution < 1.29 is 0 Å². The van der Waals surface area contributed by atoms with Gasteiger partial charge < -0.3 is 0 Å². The second-order valence-corrected chi connectivity index (χ2v) is 5.83. The normalized spacial score (nSPS) is 17.5. The Bertz CT molecular complexity index is 621. The zero-order chi connectivity index (χ0) is 12.7. The van der Waals surface area contributed by atoms with Crippen LogP contribution in [0.3, 0.4) is 0 Å². The van der Waals surface area contributed by atoms with Gasteiger partial charge in [-0.1, -0.05) is 69.5 Å². The van der Waals surface area contributed by atoms with Crippen molar-refractivity contribution in [2.75, 3.05) is 0 Å². The van der Waals surface area contributed by atoms with Crippen LogP contribution < -0.4 is 0 Å². The van der Waals surface area contributed by atoms with Gasteiger partial charge in [-0.25, -0.2) is 0 Å². The monoisotopic (exact) mass is 298 g/mol. The lowest BCUT2D eigenvalue weighted by Gasteiger charge is -2.16. The number of rotatable bonds is 1. The lowest BCUT2D eigenvalue weighted by Crippen LogP contribution is -2.00. The molecule has 2 aromatic carbocycles. The van der Waals surface area contributed by atoms with Gasteiger partial charge in [0.1, 0.15) is 0 Å². The summed E-state index contributed by atoms with van der Waals surface area (Å²) in [5.74, 6) is 0.399. The van der Waals surface area contributed by atoms with E-state index in [1.54, 1.807) is 0 Å². The van der Waals surface area contributed by atoms with Gasteiger partial charge in [0.05, 0.1) is 0 Å². The van der Waals surface area contributed by atoms with Crippen LogP contribution in [0.5, 0.6) is 0 Å². The van der Waals surface area contributed by atoms with Crippen molar-refractivity contribution in [3.05, 3.63) is 74.8 Å². The molecule has 0 saturated carbocycles. The fourth-order valence-electron chi connectivity index (χ4n) is 2.73. The first-order valence-corrected chi connectivity index (χ1v) is 6.99. The lowest BCUT2D eigenvalue weighted by molar-refractivity contribution is 0.968. The Morgan fingerprint density at radius 1 is 0.944 bits per heavy atom. The molecule has 18 heavy (non-hydrogen) atoms. The van der Waals surface area contributed by atoms with Crippen LogP contribution in [-0.2, 0) is 0 Å². The van der Waals surface area contributed by atoms with Crippen LogP contribution in [-0.4, -0.2) is 0 Å². The van der Waals surface area contributed by atoms with Crippen molar-refractivity contribution in [3.63, 3.8) is 0 Å². The zero-order valence-electron chi connectivity index (χ0n) is 10.6. The van der Waals surface area contributed by atoms with Gasteiger partial charge in [0.2, 0.25) is 0 Å². The molecular formula is C17H15Br. The third-order valence-corrected chi connectivity index (χ3v) is 4.32. The largest absolute Gasteiger partial charge is 0.0607 e. The van der Waals surface area contributed by atoms with E-state index in [9.17, 15) is 0 Å². The van der Waals surface area contributed by atoms with E-state index in [0.29, 0.717) is 5.92 Å². The molecule has 1 aliphatic rings. The third kappa shape index (κ3) is 1.83. The number of hydrogen-bond donors (Lipinski definition) is 0. The molecule has 1 heteroatoms. The summed E-state index contributed by atoms with van der Waals surface area (Å²) in [6.07, 6.45) is 2.30. The maximum atomic E-state index is 3.69. The molecule has 1 aliphatic carbocycles. The maximum Gasteiger partial charge on any atom is 0.0316 e. The second-order valence-electron chi connectivity index (χ2n) is 4.97. The number of fused-ring (bicyclic) bond motifs is 1. The van der Waals surface area contributed by atoms with Crippen LogP contribution >= 0.6 is 15.9 Å². The zero-order valence-corrected chi connectivity index (χ0v) is 12.2. The maximum absolute atomic E-state index is 3.69. The Kier molecular flexibility index (Phi) is 2.87.